The molecule has 4 heteroatoms. The highest BCUT2D eigenvalue weighted by atomic mass is 15.1. The Morgan fingerprint density at radius 2 is 2.06 bits per heavy atom. The first kappa shape index (κ1) is 13.3. The van der Waals surface area contributed by atoms with Gasteiger partial charge in [-0.15, -0.1) is 0 Å². The van der Waals surface area contributed by atoms with Gasteiger partial charge in [0.2, 0.25) is 0 Å². The smallest absolute Gasteiger partial charge is 0.133 e. The van der Waals surface area contributed by atoms with E-state index in [1.54, 1.807) is 6.33 Å². The van der Waals surface area contributed by atoms with Crippen molar-refractivity contribution >= 4 is 5.82 Å². The SMILES string of the molecule is CC(C)C(C)(CN)Nc1ncnc2c1CCCC2. The first-order valence-electron chi connectivity index (χ1n) is 6.88. The van der Waals surface area contributed by atoms with E-state index in [1.807, 2.05) is 0 Å². The highest BCUT2D eigenvalue weighted by Crippen LogP contribution is 2.28. The third-order valence-corrected chi connectivity index (χ3v) is 4.23. The lowest BCUT2D eigenvalue weighted by Crippen LogP contribution is -2.47. The fourth-order valence-corrected chi connectivity index (χ4v) is 2.33. The molecule has 1 atom stereocenters. The van der Waals surface area contributed by atoms with E-state index in [0.29, 0.717) is 12.5 Å². The van der Waals surface area contributed by atoms with Gasteiger partial charge in [-0.2, -0.15) is 0 Å². The van der Waals surface area contributed by atoms with Gasteiger partial charge in [0, 0.05) is 17.8 Å². The van der Waals surface area contributed by atoms with E-state index in [9.17, 15) is 0 Å². The Hall–Kier alpha value is -1.16. The zero-order chi connectivity index (χ0) is 13.2. The standard InChI is InChI=1S/C14H24N4/c1-10(2)14(3,8-15)18-13-11-6-4-5-7-12(11)16-9-17-13/h9-10H,4-8,15H2,1-3H3,(H,16,17,18). The van der Waals surface area contributed by atoms with Crippen molar-refractivity contribution in [2.45, 2.75) is 52.0 Å². The second kappa shape index (κ2) is 5.22. The number of aromatic nitrogens is 2. The summed E-state index contributed by atoms with van der Waals surface area (Å²) in [4.78, 5) is 8.83. The highest BCUT2D eigenvalue weighted by Gasteiger charge is 2.28. The maximum Gasteiger partial charge on any atom is 0.133 e. The van der Waals surface area contributed by atoms with Gasteiger partial charge in [-0.25, -0.2) is 9.97 Å². The highest BCUT2D eigenvalue weighted by molar-refractivity contribution is 5.49. The van der Waals surface area contributed by atoms with Crippen LogP contribution in [0, 0.1) is 5.92 Å². The van der Waals surface area contributed by atoms with E-state index in [-0.39, 0.29) is 5.54 Å². The number of nitrogens with one attached hydrogen (secondary N) is 1. The van der Waals surface area contributed by atoms with E-state index in [0.717, 1.165) is 18.7 Å². The number of nitrogens with zero attached hydrogens (tertiary/aromatic N) is 2. The predicted octanol–water partition coefficient (Wildman–Crippen LogP) is 2.14. The molecule has 1 aromatic rings. The fourth-order valence-electron chi connectivity index (χ4n) is 2.33. The molecule has 0 radical (unpaired) electrons. The molecule has 0 aromatic carbocycles. The molecule has 18 heavy (non-hydrogen) atoms. The molecule has 0 aliphatic heterocycles. The molecular weight excluding hydrogens is 224 g/mol. The fraction of sp³-hybridized carbons (Fsp3) is 0.714. The summed E-state index contributed by atoms with van der Waals surface area (Å²) in [5.41, 5.74) is 8.32. The molecule has 1 aliphatic carbocycles. The Balaban J connectivity index is 2.29. The lowest BCUT2D eigenvalue weighted by atomic mass is 9.87. The number of nitrogens with two attached hydrogens (primary N) is 1. The number of anilines is 1. The van der Waals surface area contributed by atoms with Crippen LogP contribution in [0.5, 0.6) is 0 Å². The van der Waals surface area contributed by atoms with Gasteiger partial charge in [-0.05, 0) is 38.5 Å². The average Bonchev–Trinajstić information content (AvgIpc) is 2.39. The molecule has 0 fully saturated rings. The minimum atomic E-state index is -0.112. The van der Waals surface area contributed by atoms with Crippen LogP contribution in [0.2, 0.25) is 0 Å². The Bertz CT molecular complexity index is 416. The minimum absolute atomic E-state index is 0.112. The second-order valence-corrected chi connectivity index (χ2v) is 5.76. The van der Waals surface area contributed by atoms with Crippen LogP contribution in [0.3, 0.4) is 0 Å². The van der Waals surface area contributed by atoms with Gasteiger partial charge in [0.05, 0.1) is 5.54 Å². The molecule has 1 aromatic heterocycles. The van der Waals surface area contributed by atoms with E-state index in [4.69, 9.17) is 5.73 Å². The first-order chi connectivity index (χ1) is 8.57. The lowest BCUT2D eigenvalue weighted by molar-refractivity contribution is 0.380. The second-order valence-electron chi connectivity index (χ2n) is 5.76. The van der Waals surface area contributed by atoms with Crippen LogP contribution in [-0.2, 0) is 12.8 Å². The number of hydrogen-bond acceptors (Lipinski definition) is 4. The van der Waals surface area contributed by atoms with Gasteiger partial charge in [0.25, 0.3) is 0 Å². The molecule has 4 nitrogen and oxygen atoms in total. The van der Waals surface area contributed by atoms with Crippen LogP contribution in [0.4, 0.5) is 5.82 Å². The Morgan fingerprint density at radius 1 is 1.33 bits per heavy atom. The normalized spacial score (nSPS) is 18.3. The van der Waals surface area contributed by atoms with Crippen LogP contribution >= 0.6 is 0 Å². The summed E-state index contributed by atoms with van der Waals surface area (Å²) >= 11 is 0. The van der Waals surface area contributed by atoms with Crippen molar-refractivity contribution in [3.05, 3.63) is 17.6 Å². The zero-order valence-corrected chi connectivity index (χ0v) is 11.7. The number of hydrogen-bond donors (Lipinski definition) is 2. The van der Waals surface area contributed by atoms with Crippen molar-refractivity contribution in [3.8, 4) is 0 Å². The van der Waals surface area contributed by atoms with Crippen molar-refractivity contribution in [1.82, 2.24) is 9.97 Å². The van der Waals surface area contributed by atoms with Gasteiger partial charge in [0.15, 0.2) is 0 Å². The van der Waals surface area contributed by atoms with Crippen molar-refractivity contribution < 1.29 is 0 Å². The van der Waals surface area contributed by atoms with Crippen LogP contribution in [0.25, 0.3) is 0 Å². The Kier molecular flexibility index (Phi) is 3.85. The van der Waals surface area contributed by atoms with Crippen LogP contribution < -0.4 is 11.1 Å². The van der Waals surface area contributed by atoms with Crippen LogP contribution in [0.15, 0.2) is 6.33 Å². The van der Waals surface area contributed by atoms with Crippen molar-refractivity contribution in [3.63, 3.8) is 0 Å². The summed E-state index contributed by atoms with van der Waals surface area (Å²) in [6.45, 7) is 7.14. The molecule has 2 rings (SSSR count). The molecule has 0 amide bonds. The summed E-state index contributed by atoms with van der Waals surface area (Å²) in [5.74, 6) is 1.44. The van der Waals surface area contributed by atoms with Crippen LogP contribution in [-0.4, -0.2) is 22.1 Å². The number of aryl methyl sites for hydroxylation is 1. The number of fused-ring (bicyclic) bond motifs is 1. The predicted molar refractivity (Wildman–Crippen MR) is 74.6 cm³/mol. The molecule has 0 bridgehead atoms. The van der Waals surface area contributed by atoms with Gasteiger partial charge in [-0.3, -0.25) is 0 Å². The number of rotatable bonds is 4. The largest absolute Gasteiger partial charge is 0.363 e. The molecule has 3 N–H and O–H groups in total. The summed E-state index contributed by atoms with van der Waals surface area (Å²) in [6.07, 6.45) is 6.30. The van der Waals surface area contributed by atoms with E-state index < -0.39 is 0 Å². The zero-order valence-electron chi connectivity index (χ0n) is 11.7. The third kappa shape index (κ3) is 2.48. The summed E-state index contributed by atoms with van der Waals surface area (Å²) < 4.78 is 0. The van der Waals surface area contributed by atoms with E-state index >= 15 is 0 Å². The summed E-state index contributed by atoms with van der Waals surface area (Å²) in [6, 6.07) is 0. The molecule has 1 aliphatic rings. The molecule has 0 spiro atoms. The monoisotopic (exact) mass is 248 g/mol. The summed E-state index contributed by atoms with van der Waals surface area (Å²) in [5, 5.41) is 3.56. The van der Waals surface area contributed by atoms with Gasteiger partial charge in [-0.1, -0.05) is 13.8 Å². The molecular formula is C14H24N4. The Morgan fingerprint density at radius 3 is 2.72 bits per heavy atom. The summed E-state index contributed by atoms with van der Waals surface area (Å²) in [7, 11) is 0. The van der Waals surface area contributed by atoms with Crippen molar-refractivity contribution in [1.29, 1.82) is 0 Å². The maximum atomic E-state index is 5.93. The molecule has 0 saturated heterocycles. The topological polar surface area (TPSA) is 63.8 Å². The quantitative estimate of drug-likeness (QED) is 0.857. The minimum Gasteiger partial charge on any atom is -0.363 e. The van der Waals surface area contributed by atoms with Crippen molar-refractivity contribution in [2.24, 2.45) is 11.7 Å². The molecule has 1 unspecified atom stereocenters. The molecule has 1 heterocycles. The molecule has 100 valence electrons. The van der Waals surface area contributed by atoms with Gasteiger partial charge in [0.1, 0.15) is 12.1 Å². The van der Waals surface area contributed by atoms with Crippen molar-refractivity contribution in [2.75, 3.05) is 11.9 Å². The maximum absolute atomic E-state index is 5.93. The average molecular weight is 248 g/mol. The first-order valence-corrected chi connectivity index (χ1v) is 6.88. The Labute approximate surface area is 109 Å². The third-order valence-electron chi connectivity index (χ3n) is 4.23. The molecule has 0 saturated carbocycles. The van der Waals surface area contributed by atoms with E-state index in [2.05, 4.69) is 36.1 Å². The van der Waals surface area contributed by atoms with Gasteiger partial charge >= 0.3 is 0 Å². The lowest BCUT2D eigenvalue weighted by Gasteiger charge is -2.35. The van der Waals surface area contributed by atoms with Crippen LogP contribution in [0.1, 0.15) is 44.9 Å². The van der Waals surface area contributed by atoms with E-state index in [1.165, 1.54) is 24.1 Å². The van der Waals surface area contributed by atoms with Gasteiger partial charge < -0.3 is 11.1 Å².